The summed E-state index contributed by atoms with van der Waals surface area (Å²) in [5, 5.41) is 0.696. The molecular formula is C12H16ClNO2. The van der Waals surface area contributed by atoms with E-state index in [1.165, 1.54) is 0 Å². The molecule has 1 aromatic rings. The van der Waals surface area contributed by atoms with Crippen LogP contribution in [0.15, 0.2) is 12.1 Å². The first-order chi connectivity index (χ1) is 7.72. The van der Waals surface area contributed by atoms with E-state index in [1.807, 2.05) is 19.1 Å². The van der Waals surface area contributed by atoms with E-state index < -0.39 is 0 Å². The Balaban J connectivity index is 2.38. The average Bonchev–Trinajstić information content (AvgIpc) is 2.51. The van der Waals surface area contributed by atoms with Crippen molar-refractivity contribution in [3.63, 3.8) is 0 Å². The number of hydrogen-bond donors (Lipinski definition) is 1. The van der Waals surface area contributed by atoms with E-state index in [9.17, 15) is 0 Å². The van der Waals surface area contributed by atoms with Gasteiger partial charge in [0, 0.05) is 17.5 Å². The number of hydrogen-bond acceptors (Lipinski definition) is 3. The molecule has 4 heteroatoms. The third-order valence-corrected chi connectivity index (χ3v) is 3.08. The second kappa shape index (κ2) is 4.93. The van der Waals surface area contributed by atoms with E-state index >= 15 is 0 Å². The number of benzene rings is 1. The lowest BCUT2D eigenvalue weighted by molar-refractivity contribution is 0.297. The Kier molecular flexibility index (Phi) is 3.56. The highest BCUT2D eigenvalue weighted by atomic mass is 35.5. The van der Waals surface area contributed by atoms with Crippen LogP contribution >= 0.6 is 11.6 Å². The molecule has 1 atom stereocenters. The number of nitrogens with two attached hydrogens (primary N) is 1. The molecule has 0 saturated heterocycles. The lowest BCUT2D eigenvalue weighted by atomic mass is 10.0. The van der Waals surface area contributed by atoms with Crippen molar-refractivity contribution in [3.8, 4) is 11.5 Å². The van der Waals surface area contributed by atoms with Gasteiger partial charge in [0.15, 0.2) is 11.5 Å². The second-order valence-electron chi connectivity index (χ2n) is 4.01. The van der Waals surface area contributed by atoms with Gasteiger partial charge in [-0.05, 0) is 24.1 Å². The number of ether oxygens (including phenoxy) is 2. The normalized spacial score (nSPS) is 16.7. The molecule has 0 saturated carbocycles. The van der Waals surface area contributed by atoms with Gasteiger partial charge in [-0.3, -0.25) is 0 Å². The van der Waals surface area contributed by atoms with Crippen LogP contribution in [0.4, 0.5) is 0 Å². The number of halogens is 1. The summed E-state index contributed by atoms with van der Waals surface area (Å²) in [6, 6.07) is 3.77. The van der Waals surface area contributed by atoms with Crippen LogP contribution in [0, 0.1) is 0 Å². The third kappa shape index (κ3) is 2.25. The number of fused-ring (bicyclic) bond motifs is 1. The number of rotatable bonds is 2. The van der Waals surface area contributed by atoms with Gasteiger partial charge < -0.3 is 15.2 Å². The Hall–Kier alpha value is -0.930. The fourth-order valence-electron chi connectivity index (χ4n) is 1.70. The zero-order valence-corrected chi connectivity index (χ0v) is 10.1. The molecule has 0 aromatic heterocycles. The maximum absolute atomic E-state index is 6.20. The highest BCUT2D eigenvalue weighted by Gasteiger charge is 2.16. The smallest absolute Gasteiger partial charge is 0.162 e. The van der Waals surface area contributed by atoms with Crippen LogP contribution in [0.3, 0.4) is 0 Å². The van der Waals surface area contributed by atoms with Gasteiger partial charge in [-0.1, -0.05) is 18.5 Å². The van der Waals surface area contributed by atoms with E-state index in [1.54, 1.807) is 0 Å². The van der Waals surface area contributed by atoms with Crippen molar-refractivity contribution in [1.82, 2.24) is 0 Å². The maximum atomic E-state index is 6.20. The summed E-state index contributed by atoms with van der Waals surface area (Å²) >= 11 is 6.20. The molecule has 1 unspecified atom stereocenters. The maximum Gasteiger partial charge on any atom is 0.162 e. The Bertz CT molecular complexity index is 382. The van der Waals surface area contributed by atoms with Crippen molar-refractivity contribution in [2.24, 2.45) is 5.73 Å². The van der Waals surface area contributed by atoms with Gasteiger partial charge in [0.25, 0.3) is 0 Å². The van der Waals surface area contributed by atoms with Crippen molar-refractivity contribution in [2.45, 2.75) is 19.3 Å². The van der Waals surface area contributed by atoms with Gasteiger partial charge in [0.05, 0.1) is 13.2 Å². The molecule has 0 amide bonds. The van der Waals surface area contributed by atoms with Crippen molar-refractivity contribution < 1.29 is 9.47 Å². The average molecular weight is 242 g/mol. The molecule has 0 radical (unpaired) electrons. The van der Waals surface area contributed by atoms with E-state index in [-0.39, 0.29) is 5.92 Å². The van der Waals surface area contributed by atoms with Crippen molar-refractivity contribution in [2.75, 3.05) is 19.8 Å². The lowest BCUT2D eigenvalue weighted by Crippen LogP contribution is -2.09. The summed E-state index contributed by atoms with van der Waals surface area (Å²) in [4.78, 5) is 0. The van der Waals surface area contributed by atoms with E-state index in [2.05, 4.69) is 0 Å². The zero-order chi connectivity index (χ0) is 11.5. The molecule has 1 heterocycles. The molecule has 0 fully saturated rings. The first-order valence-electron chi connectivity index (χ1n) is 5.51. The Morgan fingerprint density at radius 1 is 1.31 bits per heavy atom. The van der Waals surface area contributed by atoms with Crippen molar-refractivity contribution in [1.29, 1.82) is 0 Å². The van der Waals surface area contributed by atoms with Gasteiger partial charge in [-0.25, -0.2) is 0 Å². The fourth-order valence-corrected chi connectivity index (χ4v) is 2.04. The van der Waals surface area contributed by atoms with Crippen LogP contribution in [-0.4, -0.2) is 19.8 Å². The Morgan fingerprint density at radius 2 is 1.94 bits per heavy atom. The molecule has 3 nitrogen and oxygen atoms in total. The molecule has 0 aliphatic carbocycles. The molecule has 1 aliphatic heterocycles. The van der Waals surface area contributed by atoms with Crippen LogP contribution in [0.2, 0.25) is 5.02 Å². The van der Waals surface area contributed by atoms with Crippen LogP contribution in [0.25, 0.3) is 0 Å². The highest BCUT2D eigenvalue weighted by Crippen LogP contribution is 2.37. The molecule has 1 aliphatic rings. The molecule has 16 heavy (non-hydrogen) atoms. The summed E-state index contributed by atoms with van der Waals surface area (Å²) < 4.78 is 11.2. The minimum atomic E-state index is 0.227. The van der Waals surface area contributed by atoms with E-state index in [0.717, 1.165) is 23.5 Å². The third-order valence-electron chi connectivity index (χ3n) is 2.75. The SMILES string of the molecule is CC(CN)c1cc2c(cc1Cl)OCCCO2. The molecular weight excluding hydrogens is 226 g/mol. The van der Waals surface area contributed by atoms with E-state index in [0.29, 0.717) is 24.8 Å². The topological polar surface area (TPSA) is 44.5 Å². The van der Waals surface area contributed by atoms with Gasteiger partial charge in [0.1, 0.15) is 0 Å². The minimum Gasteiger partial charge on any atom is -0.490 e. The molecule has 0 bridgehead atoms. The minimum absolute atomic E-state index is 0.227. The van der Waals surface area contributed by atoms with Crippen molar-refractivity contribution in [3.05, 3.63) is 22.7 Å². The van der Waals surface area contributed by atoms with Gasteiger partial charge in [0.2, 0.25) is 0 Å². The van der Waals surface area contributed by atoms with Crippen LogP contribution in [-0.2, 0) is 0 Å². The second-order valence-corrected chi connectivity index (χ2v) is 4.41. The largest absolute Gasteiger partial charge is 0.490 e. The molecule has 88 valence electrons. The molecule has 2 rings (SSSR count). The van der Waals surface area contributed by atoms with Gasteiger partial charge >= 0.3 is 0 Å². The Morgan fingerprint density at radius 3 is 2.56 bits per heavy atom. The summed E-state index contributed by atoms with van der Waals surface area (Å²) in [6.07, 6.45) is 0.897. The zero-order valence-electron chi connectivity index (χ0n) is 9.33. The molecule has 2 N–H and O–H groups in total. The summed E-state index contributed by atoms with van der Waals surface area (Å²) in [6.45, 7) is 3.98. The first-order valence-corrected chi connectivity index (χ1v) is 5.89. The van der Waals surface area contributed by atoms with Crippen molar-refractivity contribution >= 4 is 11.6 Å². The summed E-state index contributed by atoms with van der Waals surface area (Å²) in [5.41, 5.74) is 6.67. The molecule has 0 spiro atoms. The highest BCUT2D eigenvalue weighted by molar-refractivity contribution is 6.31. The monoisotopic (exact) mass is 241 g/mol. The van der Waals surface area contributed by atoms with Crippen LogP contribution < -0.4 is 15.2 Å². The predicted molar refractivity (Wildman–Crippen MR) is 64.5 cm³/mol. The lowest BCUT2D eigenvalue weighted by Gasteiger charge is -2.15. The predicted octanol–water partition coefficient (Wildman–Crippen LogP) is 2.56. The van der Waals surface area contributed by atoms with E-state index in [4.69, 9.17) is 26.8 Å². The van der Waals surface area contributed by atoms with Gasteiger partial charge in [-0.15, -0.1) is 0 Å². The summed E-state index contributed by atoms with van der Waals surface area (Å²) in [7, 11) is 0. The fraction of sp³-hybridized carbons (Fsp3) is 0.500. The van der Waals surface area contributed by atoms with Crippen LogP contribution in [0.1, 0.15) is 24.8 Å². The first kappa shape index (κ1) is 11.6. The van der Waals surface area contributed by atoms with Crippen LogP contribution in [0.5, 0.6) is 11.5 Å². The summed E-state index contributed by atoms with van der Waals surface area (Å²) in [5.74, 6) is 1.73. The molecule has 1 aromatic carbocycles. The Labute approximate surface area is 100 Å². The van der Waals surface area contributed by atoms with Gasteiger partial charge in [-0.2, -0.15) is 0 Å². The quantitative estimate of drug-likeness (QED) is 0.866. The standard InChI is InChI=1S/C12H16ClNO2/c1-8(7-14)9-5-11-12(6-10(9)13)16-4-2-3-15-11/h5-6,8H,2-4,7,14H2,1H3.